The molecule has 1 aromatic rings. The van der Waals surface area contributed by atoms with E-state index in [1.54, 1.807) is 7.05 Å². The van der Waals surface area contributed by atoms with Gasteiger partial charge >= 0.3 is 0 Å². The number of nitrogens with zero attached hydrogens (tertiary/aromatic N) is 3. The maximum absolute atomic E-state index is 5.65. The van der Waals surface area contributed by atoms with Gasteiger partial charge < -0.3 is 19.4 Å². The number of guanidine groups is 1. The van der Waals surface area contributed by atoms with Crippen molar-refractivity contribution in [3.63, 3.8) is 0 Å². The van der Waals surface area contributed by atoms with Gasteiger partial charge in [-0.2, -0.15) is 0 Å². The van der Waals surface area contributed by atoms with Crippen molar-refractivity contribution in [3.8, 4) is 0 Å². The first-order chi connectivity index (χ1) is 10.1. The van der Waals surface area contributed by atoms with E-state index in [0.29, 0.717) is 12.4 Å². The van der Waals surface area contributed by atoms with E-state index in [4.69, 9.17) is 9.15 Å². The highest BCUT2D eigenvalue weighted by molar-refractivity contribution is 5.79. The third-order valence-corrected chi connectivity index (χ3v) is 3.67. The summed E-state index contributed by atoms with van der Waals surface area (Å²) in [4.78, 5) is 10.7. The third kappa shape index (κ3) is 5.04. The molecule has 1 N–H and O–H groups in total. The van der Waals surface area contributed by atoms with Gasteiger partial charge in [0, 0.05) is 27.2 Å². The summed E-state index contributed by atoms with van der Waals surface area (Å²) in [5, 5.41) is 3.25. The van der Waals surface area contributed by atoms with E-state index in [9.17, 15) is 0 Å². The van der Waals surface area contributed by atoms with Crippen LogP contribution in [0.1, 0.15) is 30.2 Å². The first-order valence-electron chi connectivity index (χ1n) is 7.52. The quantitative estimate of drug-likeness (QED) is 0.471. The fourth-order valence-electron chi connectivity index (χ4n) is 2.00. The van der Waals surface area contributed by atoms with Crippen molar-refractivity contribution in [2.75, 3.05) is 33.9 Å². The molecule has 0 bridgehead atoms. The largest absolute Gasteiger partial charge is 0.444 e. The number of aliphatic imine (C=N–C) groups is 1. The molecule has 0 saturated heterocycles. The van der Waals surface area contributed by atoms with E-state index in [1.807, 2.05) is 20.9 Å². The molecule has 2 rings (SSSR count). The Morgan fingerprint density at radius 2 is 2.24 bits per heavy atom. The van der Waals surface area contributed by atoms with Crippen molar-refractivity contribution in [1.82, 2.24) is 15.2 Å². The van der Waals surface area contributed by atoms with Gasteiger partial charge in [-0.05, 0) is 32.6 Å². The van der Waals surface area contributed by atoms with Crippen LogP contribution in [0, 0.1) is 19.8 Å². The third-order valence-electron chi connectivity index (χ3n) is 3.67. The van der Waals surface area contributed by atoms with Crippen molar-refractivity contribution in [3.05, 3.63) is 17.3 Å². The standard InChI is InChI=1S/C15H26N4O2/c1-11-12(2)21-14(18-11)9-17-15(16-3)19(4)7-8-20-10-13-5-6-13/h13H,5-10H2,1-4H3,(H,16,17). The van der Waals surface area contributed by atoms with Gasteiger partial charge in [0.25, 0.3) is 0 Å². The van der Waals surface area contributed by atoms with Gasteiger partial charge in [0.05, 0.1) is 18.8 Å². The number of aryl methyl sites for hydroxylation is 2. The zero-order valence-electron chi connectivity index (χ0n) is 13.5. The van der Waals surface area contributed by atoms with Crippen LogP contribution in [0.3, 0.4) is 0 Å². The number of aromatic nitrogens is 1. The summed E-state index contributed by atoms with van der Waals surface area (Å²) in [6, 6.07) is 0. The van der Waals surface area contributed by atoms with Crippen LogP contribution in [0.5, 0.6) is 0 Å². The molecule has 118 valence electrons. The molecule has 1 aliphatic carbocycles. The van der Waals surface area contributed by atoms with Gasteiger partial charge in [-0.1, -0.05) is 0 Å². The van der Waals surface area contributed by atoms with Crippen molar-refractivity contribution in [2.24, 2.45) is 10.9 Å². The zero-order chi connectivity index (χ0) is 15.2. The van der Waals surface area contributed by atoms with Crippen molar-refractivity contribution >= 4 is 5.96 Å². The van der Waals surface area contributed by atoms with Gasteiger partial charge in [0.2, 0.25) is 5.89 Å². The number of rotatable bonds is 7. The molecule has 1 heterocycles. The van der Waals surface area contributed by atoms with Crippen LogP contribution < -0.4 is 5.32 Å². The predicted octanol–water partition coefficient (Wildman–Crippen LogP) is 1.73. The highest BCUT2D eigenvalue weighted by atomic mass is 16.5. The molecular weight excluding hydrogens is 268 g/mol. The van der Waals surface area contributed by atoms with Crippen LogP contribution in [0.4, 0.5) is 0 Å². The molecule has 1 aromatic heterocycles. The molecule has 0 unspecified atom stereocenters. The average molecular weight is 294 g/mol. The van der Waals surface area contributed by atoms with E-state index in [0.717, 1.165) is 43.1 Å². The summed E-state index contributed by atoms with van der Waals surface area (Å²) in [6.45, 7) is 6.84. The van der Waals surface area contributed by atoms with Crippen molar-refractivity contribution < 1.29 is 9.15 Å². The molecule has 1 fully saturated rings. The second-order valence-electron chi connectivity index (χ2n) is 5.59. The number of likely N-dealkylation sites (N-methyl/N-ethyl adjacent to an activating group) is 1. The summed E-state index contributed by atoms with van der Waals surface area (Å²) in [5.74, 6) is 3.18. The monoisotopic (exact) mass is 294 g/mol. The molecule has 1 aliphatic rings. The minimum Gasteiger partial charge on any atom is -0.444 e. The Hall–Kier alpha value is -1.56. The lowest BCUT2D eigenvalue weighted by Gasteiger charge is -2.21. The molecule has 6 heteroatoms. The summed E-state index contributed by atoms with van der Waals surface area (Å²) < 4.78 is 11.2. The van der Waals surface area contributed by atoms with E-state index < -0.39 is 0 Å². The number of hydrogen-bond donors (Lipinski definition) is 1. The fraction of sp³-hybridized carbons (Fsp3) is 0.733. The SMILES string of the molecule is CN=C(NCc1nc(C)c(C)o1)N(C)CCOCC1CC1. The first kappa shape index (κ1) is 15.8. The minimum absolute atomic E-state index is 0.536. The number of oxazole rings is 1. The average Bonchev–Trinajstić information content (AvgIpc) is 3.22. The van der Waals surface area contributed by atoms with Crippen LogP contribution >= 0.6 is 0 Å². The number of hydrogen-bond acceptors (Lipinski definition) is 4. The van der Waals surface area contributed by atoms with Gasteiger partial charge in [-0.15, -0.1) is 0 Å². The molecular formula is C15H26N4O2. The van der Waals surface area contributed by atoms with Crippen LogP contribution in [0.2, 0.25) is 0 Å². The molecule has 0 aliphatic heterocycles. The summed E-state index contributed by atoms with van der Waals surface area (Å²) in [5.41, 5.74) is 0.934. The maximum Gasteiger partial charge on any atom is 0.214 e. The van der Waals surface area contributed by atoms with E-state index in [2.05, 4.69) is 20.2 Å². The van der Waals surface area contributed by atoms with E-state index in [1.165, 1.54) is 12.8 Å². The zero-order valence-corrected chi connectivity index (χ0v) is 13.5. The van der Waals surface area contributed by atoms with Gasteiger partial charge in [0.15, 0.2) is 5.96 Å². The normalized spacial score (nSPS) is 15.3. The van der Waals surface area contributed by atoms with Crippen LogP contribution in [0.15, 0.2) is 9.41 Å². The van der Waals surface area contributed by atoms with E-state index in [-0.39, 0.29) is 0 Å². The summed E-state index contributed by atoms with van der Waals surface area (Å²) in [6.07, 6.45) is 2.65. The molecule has 21 heavy (non-hydrogen) atoms. The lowest BCUT2D eigenvalue weighted by Crippen LogP contribution is -2.40. The van der Waals surface area contributed by atoms with Crippen molar-refractivity contribution in [1.29, 1.82) is 0 Å². The Kier molecular flexibility index (Phi) is 5.61. The number of nitrogens with one attached hydrogen (secondary N) is 1. The predicted molar refractivity (Wildman–Crippen MR) is 82.3 cm³/mol. The lowest BCUT2D eigenvalue weighted by atomic mass is 10.4. The highest BCUT2D eigenvalue weighted by Crippen LogP contribution is 2.28. The second-order valence-corrected chi connectivity index (χ2v) is 5.59. The minimum atomic E-state index is 0.536. The maximum atomic E-state index is 5.65. The Bertz CT molecular complexity index is 461. The summed E-state index contributed by atoms with van der Waals surface area (Å²) in [7, 11) is 3.78. The fourth-order valence-corrected chi connectivity index (χ4v) is 2.00. The Labute approximate surface area is 126 Å². The molecule has 0 aromatic carbocycles. The van der Waals surface area contributed by atoms with Gasteiger partial charge in [-0.3, -0.25) is 4.99 Å². The topological polar surface area (TPSA) is 62.9 Å². The molecule has 0 atom stereocenters. The van der Waals surface area contributed by atoms with Crippen molar-refractivity contribution in [2.45, 2.75) is 33.2 Å². The molecule has 1 saturated carbocycles. The first-order valence-corrected chi connectivity index (χ1v) is 7.52. The van der Waals surface area contributed by atoms with Crippen LogP contribution in [0.25, 0.3) is 0 Å². The molecule has 0 spiro atoms. The molecule has 0 amide bonds. The Morgan fingerprint density at radius 1 is 1.48 bits per heavy atom. The summed E-state index contributed by atoms with van der Waals surface area (Å²) >= 11 is 0. The van der Waals surface area contributed by atoms with Gasteiger partial charge in [-0.25, -0.2) is 4.98 Å². The second kappa shape index (κ2) is 7.45. The molecule has 0 radical (unpaired) electrons. The van der Waals surface area contributed by atoms with Crippen LogP contribution in [-0.4, -0.2) is 49.7 Å². The van der Waals surface area contributed by atoms with Crippen LogP contribution in [-0.2, 0) is 11.3 Å². The smallest absolute Gasteiger partial charge is 0.214 e. The van der Waals surface area contributed by atoms with E-state index >= 15 is 0 Å². The lowest BCUT2D eigenvalue weighted by molar-refractivity contribution is 0.115. The number of ether oxygens (including phenoxy) is 1. The molecule has 6 nitrogen and oxygen atoms in total. The Morgan fingerprint density at radius 3 is 2.81 bits per heavy atom. The highest BCUT2D eigenvalue weighted by Gasteiger charge is 2.21. The Balaban J connectivity index is 1.70. The van der Waals surface area contributed by atoms with Gasteiger partial charge in [0.1, 0.15) is 5.76 Å².